The Labute approximate surface area is 215 Å². The van der Waals surface area contributed by atoms with Crippen molar-refractivity contribution in [3.8, 4) is 23.3 Å². The number of carbonyl (C=O) groups excluding carboxylic acids is 1. The Morgan fingerprint density at radius 2 is 1.70 bits per heavy atom. The second kappa shape index (κ2) is 12.4. The Balaban J connectivity index is 1.81. The van der Waals surface area contributed by atoms with Gasteiger partial charge in [0.25, 0.3) is 15.9 Å². The summed E-state index contributed by atoms with van der Waals surface area (Å²) < 4.78 is 43.8. The lowest BCUT2D eigenvalue weighted by Crippen LogP contribution is -2.39. The number of sulfonamides is 1. The first-order chi connectivity index (χ1) is 17.8. The molecule has 0 aliphatic rings. The molecule has 192 valence electrons. The number of hydrazone groups is 1. The highest BCUT2D eigenvalue weighted by Crippen LogP contribution is 2.32. The predicted octanol–water partition coefficient (Wildman–Crippen LogP) is 3.26. The van der Waals surface area contributed by atoms with Gasteiger partial charge in [-0.1, -0.05) is 17.7 Å². The summed E-state index contributed by atoms with van der Waals surface area (Å²) in [6.07, 6.45) is 1.41. The van der Waals surface area contributed by atoms with Gasteiger partial charge < -0.3 is 14.2 Å². The van der Waals surface area contributed by atoms with Crippen LogP contribution >= 0.6 is 0 Å². The first kappa shape index (κ1) is 27.0. The SMILES string of the molecule is COc1ccc(S(=O)(=O)N(CC(=O)N/N=C/c2ccc(OCC#N)cc2)c2ccc(C)cc2)cc1OC. The van der Waals surface area contributed by atoms with Crippen LogP contribution in [-0.2, 0) is 14.8 Å². The quantitative estimate of drug-likeness (QED) is 0.302. The number of benzene rings is 3. The largest absolute Gasteiger partial charge is 0.493 e. The molecule has 3 rings (SSSR count). The number of aryl methyl sites for hydroxylation is 1. The van der Waals surface area contributed by atoms with Crippen LogP contribution in [0.2, 0.25) is 0 Å². The van der Waals surface area contributed by atoms with Crippen molar-refractivity contribution < 1.29 is 27.4 Å². The monoisotopic (exact) mass is 522 g/mol. The highest BCUT2D eigenvalue weighted by atomic mass is 32.2. The third-order valence-electron chi connectivity index (χ3n) is 5.14. The van der Waals surface area contributed by atoms with E-state index in [0.717, 1.165) is 9.87 Å². The standard InChI is InChI=1S/C26H26N4O6S/c1-19-4-8-21(9-5-19)30(37(32,33)23-12-13-24(34-2)25(16-23)35-3)18-26(31)29-28-17-20-6-10-22(11-7-20)36-15-14-27/h4-13,16-17H,15,18H2,1-3H3,(H,29,31)/b28-17+. The lowest BCUT2D eigenvalue weighted by atomic mass is 10.2. The number of rotatable bonds is 11. The third kappa shape index (κ3) is 6.99. The molecule has 0 saturated heterocycles. The number of hydrogen-bond donors (Lipinski definition) is 1. The number of nitriles is 1. The molecule has 11 heteroatoms. The van der Waals surface area contributed by atoms with E-state index in [1.165, 1.54) is 38.6 Å². The summed E-state index contributed by atoms with van der Waals surface area (Å²) in [5.74, 6) is 0.497. The topological polar surface area (TPSA) is 130 Å². The maximum absolute atomic E-state index is 13.6. The van der Waals surface area contributed by atoms with Crippen LogP contribution in [0.25, 0.3) is 0 Å². The fraction of sp³-hybridized carbons (Fsp3) is 0.192. The Hall–Kier alpha value is -4.56. The number of hydrogen-bond acceptors (Lipinski definition) is 8. The van der Waals surface area contributed by atoms with Gasteiger partial charge in [0, 0.05) is 6.07 Å². The number of anilines is 1. The third-order valence-corrected chi connectivity index (χ3v) is 6.91. The second-order valence-electron chi connectivity index (χ2n) is 7.67. The molecular formula is C26H26N4O6S. The molecule has 3 aromatic rings. The van der Waals surface area contributed by atoms with Gasteiger partial charge >= 0.3 is 0 Å². The Morgan fingerprint density at radius 1 is 1.03 bits per heavy atom. The van der Waals surface area contributed by atoms with Crippen LogP contribution < -0.4 is 23.9 Å². The van der Waals surface area contributed by atoms with Gasteiger partial charge in [-0.2, -0.15) is 10.4 Å². The molecule has 0 bridgehead atoms. The molecule has 3 aromatic carbocycles. The highest BCUT2D eigenvalue weighted by Gasteiger charge is 2.28. The summed E-state index contributed by atoms with van der Waals surface area (Å²) in [7, 11) is -1.30. The Morgan fingerprint density at radius 3 is 2.32 bits per heavy atom. The van der Waals surface area contributed by atoms with Gasteiger partial charge in [0.15, 0.2) is 18.1 Å². The van der Waals surface area contributed by atoms with Crippen LogP contribution in [0.3, 0.4) is 0 Å². The number of nitrogens with one attached hydrogen (secondary N) is 1. The molecule has 0 aliphatic carbocycles. The molecule has 0 saturated carbocycles. The molecule has 0 radical (unpaired) electrons. The maximum atomic E-state index is 13.6. The first-order valence-corrected chi connectivity index (χ1v) is 12.5. The van der Waals surface area contributed by atoms with Gasteiger partial charge in [-0.05, 0) is 61.0 Å². The van der Waals surface area contributed by atoms with Crippen molar-refractivity contribution in [3.63, 3.8) is 0 Å². The van der Waals surface area contributed by atoms with Gasteiger partial charge in [-0.15, -0.1) is 0 Å². The molecule has 0 atom stereocenters. The van der Waals surface area contributed by atoms with Gasteiger partial charge in [-0.3, -0.25) is 9.10 Å². The average Bonchev–Trinajstić information content (AvgIpc) is 2.91. The number of nitrogens with zero attached hydrogens (tertiary/aromatic N) is 3. The van der Waals surface area contributed by atoms with E-state index in [2.05, 4.69) is 10.5 Å². The van der Waals surface area contributed by atoms with Crippen LogP contribution in [0.15, 0.2) is 76.7 Å². The van der Waals surface area contributed by atoms with Crippen LogP contribution in [0.4, 0.5) is 5.69 Å². The van der Waals surface area contributed by atoms with Crippen molar-refractivity contribution in [2.24, 2.45) is 5.10 Å². The van der Waals surface area contributed by atoms with Gasteiger partial charge in [0.1, 0.15) is 18.4 Å². The Kier molecular flexibility index (Phi) is 9.07. The second-order valence-corrected chi connectivity index (χ2v) is 9.54. The van der Waals surface area contributed by atoms with E-state index in [4.69, 9.17) is 19.5 Å². The molecule has 1 N–H and O–H groups in total. The van der Waals surface area contributed by atoms with Crippen LogP contribution in [-0.4, -0.2) is 47.9 Å². The van der Waals surface area contributed by atoms with Crippen LogP contribution in [0, 0.1) is 18.3 Å². The highest BCUT2D eigenvalue weighted by molar-refractivity contribution is 7.92. The molecule has 0 aliphatic heterocycles. The molecule has 10 nitrogen and oxygen atoms in total. The lowest BCUT2D eigenvalue weighted by Gasteiger charge is -2.24. The summed E-state index contributed by atoms with van der Waals surface area (Å²) in [6.45, 7) is 1.30. The summed E-state index contributed by atoms with van der Waals surface area (Å²) in [6, 6.07) is 19.6. The number of ether oxygens (including phenoxy) is 3. The van der Waals surface area contributed by atoms with E-state index in [9.17, 15) is 13.2 Å². The number of carbonyl (C=O) groups is 1. The van der Waals surface area contributed by atoms with Crippen LogP contribution in [0.1, 0.15) is 11.1 Å². The van der Waals surface area contributed by atoms with E-state index in [0.29, 0.717) is 22.7 Å². The minimum absolute atomic E-state index is 0.0623. The molecule has 0 aromatic heterocycles. The van der Waals surface area contributed by atoms with E-state index in [-0.39, 0.29) is 17.3 Å². The summed E-state index contributed by atoms with van der Waals surface area (Å²) in [4.78, 5) is 12.7. The first-order valence-electron chi connectivity index (χ1n) is 11.0. The van der Waals surface area contributed by atoms with E-state index in [1.54, 1.807) is 48.5 Å². The summed E-state index contributed by atoms with van der Waals surface area (Å²) in [5.41, 5.74) is 4.27. The van der Waals surface area contributed by atoms with E-state index in [1.807, 2.05) is 13.0 Å². The van der Waals surface area contributed by atoms with E-state index < -0.39 is 22.5 Å². The maximum Gasteiger partial charge on any atom is 0.264 e. The van der Waals surface area contributed by atoms with Crippen molar-refractivity contribution in [3.05, 3.63) is 77.9 Å². The zero-order valence-electron chi connectivity index (χ0n) is 20.5. The molecule has 37 heavy (non-hydrogen) atoms. The molecule has 1 amide bonds. The molecule has 0 spiro atoms. The van der Waals surface area contributed by atoms with Gasteiger partial charge in [0.2, 0.25) is 0 Å². The Bertz CT molecular complexity index is 1400. The van der Waals surface area contributed by atoms with Crippen molar-refractivity contribution >= 4 is 27.8 Å². The van der Waals surface area contributed by atoms with Gasteiger partial charge in [-0.25, -0.2) is 13.8 Å². The molecule has 0 unspecified atom stereocenters. The van der Waals surface area contributed by atoms with E-state index >= 15 is 0 Å². The summed E-state index contributed by atoms with van der Waals surface area (Å²) >= 11 is 0. The number of methoxy groups -OCH3 is 2. The molecule has 0 fully saturated rings. The van der Waals surface area contributed by atoms with Crippen molar-refractivity contribution in [2.75, 3.05) is 31.7 Å². The fourth-order valence-electron chi connectivity index (χ4n) is 3.24. The fourth-order valence-corrected chi connectivity index (χ4v) is 4.68. The van der Waals surface area contributed by atoms with Crippen LogP contribution in [0.5, 0.6) is 17.2 Å². The van der Waals surface area contributed by atoms with Crippen molar-refractivity contribution in [2.45, 2.75) is 11.8 Å². The minimum Gasteiger partial charge on any atom is -0.493 e. The van der Waals surface area contributed by atoms with Crippen molar-refractivity contribution in [1.29, 1.82) is 5.26 Å². The zero-order chi connectivity index (χ0) is 26.8. The normalized spacial score (nSPS) is 11.0. The average molecular weight is 523 g/mol. The van der Waals surface area contributed by atoms with Gasteiger partial charge in [0.05, 0.1) is 31.0 Å². The predicted molar refractivity (Wildman–Crippen MR) is 139 cm³/mol. The zero-order valence-corrected chi connectivity index (χ0v) is 21.4. The lowest BCUT2D eigenvalue weighted by molar-refractivity contribution is -0.119. The number of amides is 1. The minimum atomic E-state index is -4.16. The van der Waals surface area contributed by atoms with Crippen molar-refractivity contribution in [1.82, 2.24) is 5.43 Å². The molecule has 0 heterocycles. The smallest absolute Gasteiger partial charge is 0.264 e. The summed E-state index contributed by atoms with van der Waals surface area (Å²) in [5, 5.41) is 12.5. The molecular weight excluding hydrogens is 496 g/mol.